The van der Waals surface area contributed by atoms with Gasteiger partial charge in [-0.1, -0.05) is 11.6 Å². The van der Waals surface area contributed by atoms with Crippen LogP contribution >= 0.6 is 11.6 Å². The molecule has 156 valence electrons. The number of nitrogens with one attached hydrogen (secondary N) is 1. The number of halogens is 1. The molecule has 0 saturated carbocycles. The summed E-state index contributed by atoms with van der Waals surface area (Å²) in [5.74, 6) is 0.308. The normalized spacial score (nSPS) is 15.7. The highest BCUT2D eigenvalue weighted by Gasteiger charge is 2.34. The van der Waals surface area contributed by atoms with Crippen LogP contribution in [0.15, 0.2) is 47.4 Å². The van der Waals surface area contributed by atoms with E-state index in [1.54, 1.807) is 36.4 Å². The zero-order chi connectivity index (χ0) is 21.0. The third kappa shape index (κ3) is 4.83. The number of rotatable bonds is 6. The second-order valence-corrected chi connectivity index (χ2v) is 9.03. The van der Waals surface area contributed by atoms with Crippen molar-refractivity contribution in [3.8, 4) is 11.5 Å². The molecule has 0 bridgehead atoms. The number of carbonyl (C=O) groups excluding carboxylic acids is 1. The Kier molecular flexibility index (Phi) is 6.66. The standard InChI is InChI=1S/C20H23ClN2O5S/c1-27-17-7-8-18(28-2)19(13-17)29(25,26)23-11-9-14(10-12-23)20(24)22-16-5-3-15(21)4-6-16/h3-8,13-14H,9-12H2,1-2H3,(H,22,24). The first-order chi connectivity index (χ1) is 13.8. The Morgan fingerprint density at radius 1 is 1.07 bits per heavy atom. The Balaban J connectivity index is 1.68. The van der Waals surface area contributed by atoms with E-state index >= 15 is 0 Å². The molecular weight excluding hydrogens is 416 g/mol. The van der Waals surface area contributed by atoms with Crippen molar-refractivity contribution in [1.82, 2.24) is 4.31 Å². The lowest BCUT2D eigenvalue weighted by Gasteiger charge is -2.31. The molecule has 1 aliphatic heterocycles. The van der Waals surface area contributed by atoms with Gasteiger partial charge in [-0.15, -0.1) is 0 Å². The highest BCUT2D eigenvalue weighted by Crippen LogP contribution is 2.32. The van der Waals surface area contributed by atoms with Crippen LogP contribution < -0.4 is 14.8 Å². The lowest BCUT2D eigenvalue weighted by atomic mass is 9.97. The van der Waals surface area contributed by atoms with E-state index in [4.69, 9.17) is 21.1 Å². The van der Waals surface area contributed by atoms with E-state index in [0.29, 0.717) is 29.3 Å². The number of benzene rings is 2. The summed E-state index contributed by atoms with van der Waals surface area (Å²) < 4.78 is 38.0. The molecule has 1 heterocycles. The minimum Gasteiger partial charge on any atom is -0.497 e. The maximum absolute atomic E-state index is 13.1. The Hall–Kier alpha value is -2.29. The fraction of sp³-hybridized carbons (Fsp3) is 0.350. The zero-order valence-electron chi connectivity index (χ0n) is 16.2. The Labute approximate surface area is 175 Å². The van der Waals surface area contributed by atoms with Gasteiger partial charge in [-0.05, 0) is 49.2 Å². The SMILES string of the molecule is COc1ccc(OC)c(S(=O)(=O)N2CCC(C(=O)Nc3ccc(Cl)cc3)CC2)c1. The number of piperidine rings is 1. The summed E-state index contributed by atoms with van der Waals surface area (Å²) in [7, 11) is -0.868. The van der Waals surface area contributed by atoms with Gasteiger partial charge in [0.1, 0.15) is 16.4 Å². The van der Waals surface area contributed by atoms with E-state index in [1.807, 2.05) is 0 Å². The fourth-order valence-electron chi connectivity index (χ4n) is 3.26. The molecule has 1 fully saturated rings. The summed E-state index contributed by atoms with van der Waals surface area (Å²) >= 11 is 5.85. The number of hydrogen-bond acceptors (Lipinski definition) is 5. The van der Waals surface area contributed by atoms with Crippen molar-refractivity contribution < 1.29 is 22.7 Å². The Bertz CT molecular complexity index is 971. The first kappa shape index (κ1) is 21.4. The van der Waals surface area contributed by atoms with Crippen molar-refractivity contribution in [3.63, 3.8) is 0 Å². The van der Waals surface area contributed by atoms with Gasteiger partial charge in [0, 0.05) is 35.8 Å². The zero-order valence-corrected chi connectivity index (χ0v) is 17.8. The maximum atomic E-state index is 13.1. The molecule has 1 amide bonds. The third-order valence-corrected chi connectivity index (χ3v) is 7.10. The minimum absolute atomic E-state index is 0.0587. The smallest absolute Gasteiger partial charge is 0.246 e. The molecule has 0 radical (unpaired) electrons. The molecule has 9 heteroatoms. The van der Waals surface area contributed by atoms with Crippen LogP contribution in [0.25, 0.3) is 0 Å². The average Bonchev–Trinajstić information content (AvgIpc) is 2.74. The number of hydrogen-bond donors (Lipinski definition) is 1. The van der Waals surface area contributed by atoms with Gasteiger partial charge in [-0.2, -0.15) is 4.31 Å². The van der Waals surface area contributed by atoms with Crippen molar-refractivity contribution in [2.24, 2.45) is 5.92 Å². The van der Waals surface area contributed by atoms with E-state index in [1.165, 1.54) is 24.6 Å². The lowest BCUT2D eigenvalue weighted by Crippen LogP contribution is -2.41. The van der Waals surface area contributed by atoms with Crippen LogP contribution in [-0.4, -0.2) is 45.9 Å². The van der Waals surface area contributed by atoms with Crippen LogP contribution in [-0.2, 0) is 14.8 Å². The van der Waals surface area contributed by atoms with E-state index in [9.17, 15) is 13.2 Å². The quantitative estimate of drug-likeness (QED) is 0.747. The second kappa shape index (κ2) is 9.02. The highest BCUT2D eigenvalue weighted by atomic mass is 35.5. The van der Waals surface area contributed by atoms with Crippen molar-refractivity contribution in [2.45, 2.75) is 17.7 Å². The molecule has 7 nitrogen and oxygen atoms in total. The number of ether oxygens (including phenoxy) is 2. The first-order valence-electron chi connectivity index (χ1n) is 9.13. The molecule has 1 N–H and O–H groups in total. The van der Waals surface area contributed by atoms with Crippen LogP contribution in [0.1, 0.15) is 12.8 Å². The van der Waals surface area contributed by atoms with Gasteiger partial charge in [0.25, 0.3) is 0 Å². The molecule has 1 saturated heterocycles. The third-order valence-electron chi connectivity index (χ3n) is 4.93. The summed E-state index contributed by atoms with van der Waals surface area (Å²) in [6.07, 6.45) is 0.871. The van der Waals surface area contributed by atoms with Gasteiger partial charge in [-0.25, -0.2) is 8.42 Å². The summed E-state index contributed by atoms with van der Waals surface area (Å²) in [5.41, 5.74) is 0.663. The van der Waals surface area contributed by atoms with Gasteiger partial charge in [0.2, 0.25) is 15.9 Å². The Morgan fingerprint density at radius 3 is 2.31 bits per heavy atom. The molecule has 2 aromatic carbocycles. The number of nitrogens with zero attached hydrogens (tertiary/aromatic N) is 1. The number of methoxy groups -OCH3 is 2. The van der Waals surface area contributed by atoms with Gasteiger partial charge in [-0.3, -0.25) is 4.79 Å². The number of carbonyl (C=O) groups is 1. The van der Waals surface area contributed by atoms with Gasteiger partial charge in [0.15, 0.2) is 0 Å². The average molecular weight is 439 g/mol. The summed E-state index contributed by atoms with van der Waals surface area (Å²) in [6, 6.07) is 11.5. The molecule has 0 atom stereocenters. The molecule has 3 rings (SSSR count). The predicted molar refractivity (Wildman–Crippen MR) is 111 cm³/mol. The highest BCUT2D eigenvalue weighted by molar-refractivity contribution is 7.89. The van der Waals surface area contributed by atoms with Crippen LogP contribution in [0.3, 0.4) is 0 Å². The fourth-order valence-corrected chi connectivity index (χ4v) is 5.03. The number of anilines is 1. The van der Waals surface area contributed by atoms with E-state index in [-0.39, 0.29) is 35.6 Å². The van der Waals surface area contributed by atoms with Crippen LogP contribution in [0.4, 0.5) is 5.69 Å². The monoisotopic (exact) mass is 438 g/mol. The predicted octanol–water partition coefficient (Wildman–Crippen LogP) is 3.40. The van der Waals surface area contributed by atoms with Crippen molar-refractivity contribution in [2.75, 3.05) is 32.6 Å². The summed E-state index contributed by atoms with van der Waals surface area (Å²) in [5, 5.41) is 3.45. The number of amides is 1. The largest absolute Gasteiger partial charge is 0.497 e. The van der Waals surface area contributed by atoms with Crippen molar-refractivity contribution in [3.05, 3.63) is 47.5 Å². The van der Waals surface area contributed by atoms with E-state index in [0.717, 1.165) is 0 Å². The van der Waals surface area contributed by atoms with Crippen molar-refractivity contribution in [1.29, 1.82) is 0 Å². The molecule has 0 aromatic heterocycles. The van der Waals surface area contributed by atoms with E-state index in [2.05, 4.69) is 5.32 Å². The van der Waals surface area contributed by atoms with E-state index < -0.39 is 10.0 Å². The van der Waals surface area contributed by atoms with Crippen LogP contribution in [0, 0.1) is 5.92 Å². The molecular formula is C20H23ClN2O5S. The van der Waals surface area contributed by atoms with Gasteiger partial charge >= 0.3 is 0 Å². The molecule has 0 spiro atoms. The maximum Gasteiger partial charge on any atom is 0.246 e. The van der Waals surface area contributed by atoms with Crippen LogP contribution in [0.2, 0.25) is 5.02 Å². The summed E-state index contributed by atoms with van der Waals surface area (Å²) in [4.78, 5) is 12.6. The van der Waals surface area contributed by atoms with Gasteiger partial charge in [0.05, 0.1) is 14.2 Å². The van der Waals surface area contributed by atoms with Crippen LogP contribution in [0.5, 0.6) is 11.5 Å². The molecule has 29 heavy (non-hydrogen) atoms. The molecule has 0 unspecified atom stereocenters. The lowest BCUT2D eigenvalue weighted by molar-refractivity contribution is -0.120. The molecule has 0 aliphatic carbocycles. The molecule has 2 aromatic rings. The Morgan fingerprint density at radius 2 is 1.72 bits per heavy atom. The van der Waals surface area contributed by atoms with Crippen molar-refractivity contribution >= 4 is 33.2 Å². The number of sulfonamides is 1. The molecule has 1 aliphatic rings. The minimum atomic E-state index is -3.77. The topological polar surface area (TPSA) is 84.9 Å². The summed E-state index contributed by atoms with van der Waals surface area (Å²) in [6.45, 7) is 0.503. The second-order valence-electron chi connectivity index (χ2n) is 6.69. The van der Waals surface area contributed by atoms with Gasteiger partial charge < -0.3 is 14.8 Å². The first-order valence-corrected chi connectivity index (χ1v) is 11.0.